The lowest BCUT2D eigenvalue weighted by Crippen LogP contribution is -2.51. The van der Waals surface area contributed by atoms with Gasteiger partial charge >= 0.3 is 6.09 Å². The van der Waals surface area contributed by atoms with E-state index in [2.05, 4.69) is 79.1 Å². The fourth-order valence-electron chi connectivity index (χ4n) is 6.83. The van der Waals surface area contributed by atoms with Crippen LogP contribution in [0.15, 0.2) is 60.9 Å². The summed E-state index contributed by atoms with van der Waals surface area (Å²) in [6, 6.07) is 16.0. The van der Waals surface area contributed by atoms with Gasteiger partial charge in [-0.2, -0.15) is 0 Å². The van der Waals surface area contributed by atoms with Crippen LogP contribution in [0, 0.1) is 5.92 Å². The molecular formula is C35H41N7O5. The van der Waals surface area contributed by atoms with E-state index in [0.717, 1.165) is 64.6 Å². The number of benzene rings is 2. The smallest absolute Gasteiger partial charge is 0.407 e. The summed E-state index contributed by atoms with van der Waals surface area (Å²) in [5.74, 6) is 0.909. The Balaban J connectivity index is 1.00. The topological polar surface area (TPSA) is 146 Å². The highest BCUT2D eigenvalue weighted by molar-refractivity contribution is 5.86. The Morgan fingerprint density at radius 3 is 2.09 bits per heavy atom. The third kappa shape index (κ3) is 6.28. The number of aromatic amines is 2. The number of carbonyl (C=O) groups is 2. The number of alkyl carbamates (subject to hydrolysis) is 1. The van der Waals surface area contributed by atoms with Crippen molar-refractivity contribution in [3.05, 3.63) is 72.6 Å². The van der Waals surface area contributed by atoms with Gasteiger partial charge in [0.05, 0.1) is 62.7 Å². The SMILES string of the molecule is COC(=O)NC(C(=O)N1CCCC1c1ncc(-c2ccc(-c3ccc(-c4cnc(C5CC6(CN5)OCCO6)[nH]4)cc3)cc2)[nH]1)C(C)C. The predicted molar refractivity (Wildman–Crippen MR) is 175 cm³/mol. The molecule has 4 N–H and O–H groups in total. The first kappa shape index (κ1) is 31.1. The van der Waals surface area contributed by atoms with Crippen molar-refractivity contribution in [2.75, 3.05) is 33.4 Å². The highest BCUT2D eigenvalue weighted by Gasteiger charge is 2.45. The molecule has 1 spiro atoms. The standard InChI is InChI=1S/C35H41N7O5/c1-21(2)30(41-34(44)45-3)33(43)42-14-4-5-29(42)32-37-19-28(40-32)25-12-8-23(9-13-25)22-6-10-24(11-7-22)27-18-36-31(39-27)26-17-35(20-38-26)46-15-16-47-35/h6-13,18-19,21,26,29-30,38H,4-5,14-17,20H2,1-3H3,(H,36,39)(H,37,40)(H,41,44). The maximum atomic E-state index is 13.5. The molecule has 2 aromatic carbocycles. The molecule has 0 bridgehead atoms. The van der Waals surface area contributed by atoms with Crippen molar-refractivity contribution in [2.24, 2.45) is 5.92 Å². The van der Waals surface area contributed by atoms with Crippen molar-refractivity contribution >= 4 is 12.0 Å². The van der Waals surface area contributed by atoms with Crippen LogP contribution >= 0.6 is 0 Å². The molecule has 0 aliphatic carbocycles. The Bertz CT molecular complexity index is 1710. The van der Waals surface area contributed by atoms with Crippen LogP contribution in [-0.2, 0) is 19.0 Å². The van der Waals surface area contributed by atoms with Gasteiger partial charge in [-0.3, -0.25) is 4.79 Å². The first-order valence-corrected chi connectivity index (χ1v) is 16.3. The number of ether oxygens (including phenoxy) is 3. The minimum atomic E-state index is -0.666. The van der Waals surface area contributed by atoms with Gasteiger partial charge < -0.3 is 39.7 Å². The lowest BCUT2D eigenvalue weighted by Gasteiger charge is -2.30. The third-order valence-corrected chi connectivity index (χ3v) is 9.44. The van der Waals surface area contributed by atoms with Gasteiger partial charge in [-0.25, -0.2) is 14.8 Å². The molecule has 3 aliphatic rings. The molecule has 3 unspecified atom stereocenters. The molecule has 7 rings (SSSR count). The van der Waals surface area contributed by atoms with Gasteiger partial charge in [0, 0.05) is 13.0 Å². The summed E-state index contributed by atoms with van der Waals surface area (Å²) in [5.41, 5.74) is 6.14. The molecule has 3 saturated heterocycles. The number of rotatable bonds is 8. The summed E-state index contributed by atoms with van der Waals surface area (Å²) in [4.78, 5) is 43.4. The van der Waals surface area contributed by atoms with E-state index in [9.17, 15) is 9.59 Å². The van der Waals surface area contributed by atoms with Crippen LogP contribution in [0.25, 0.3) is 33.6 Å². The van der Waals surface area contributed by atoms with Crippen molar-refractivity contribution in [3.8, 4) is 33.6 Å². The number of amides is 2. The predicted octanol–water partition coefficient (Wildman–Crippen LogP) is 4.96. The molecule has 246 valence electrons. The third-order valence-electron chi connectivity index (χ3n) is 9.44. The quantitative estimate of drug-likeness (QED) is 0.212. The molecular weight excluding hydrogens is 598 g/mol. The Hall–Kier alpha value is -4.52. The number of H-pyrrole nitrogens is 2. The van der Waals surface area contributed by atoms with E-state index in [1.165, 1.54) is 7.11 Å². The number of aromatic nitrogens is 4. The molecule has 12 heteroatoms. The minimum absolute atomic E-state index is 0.0674. The first-order chi connectivity index (χ1) is 22.8. The minimum Gasteiger partial charge on any atom is -0.453 e. The van der Waals surface area contributed by atoms with Crippen molar-refractivity contribution in [3.63, 3.8) is 0 Å². The number of nitrogens with one attached hydrogen (secondary N) is 4. The number of hydrogen-bond acceptors (Lipinski definition) is 8. The Morgan fingerprint density at radius 2 is 1.49 bits per heavy atom. The molecule has 2 amide bonds. The molecule has 47 heavy (non-hydrogen) atoms. The lowest BCUT2D eigenvalue weighted by molar-refractivity contribution is -0.141. The van der Waals surface area contributed by atoms with Gasteiger partial charge in [0.2, 0.25) is 5.91 Å². The fraction of sp³-hybridized carbons (Fsp3) is 0.429. The zero-order valence-corrected chi connectivity index (χ0v) is 26.9. The maximum absolute atomic E-state index is 13.5. The largest absolute Gasteiger partial charge is 0.453 e. The average Bonchev–Trinajstić information content (AvgIpc) is 3.94. The summed E-state index contributed by atoms with van der Waals surface area (Å²) in [5, 5.41) is 6.17. The second-order valence-corrected chi connectivity index (χ2v) is 12.8. The van der Waals surface area contributed by atoms with Gasteiger partial charge in [-0.1, -0.05) is 62.4 Å². The van der Waals surface area contributed by atoms with Crippen LogP contribution in [0.2, 0.25) is 0 Å². The summed E-state index contributed by atoms with van der Waals surface area (Å²) in [6.07, 6.45) is 5.50. The van der Waals surface area contributed by atoms with Crippen LogP contribution in [0.3, 0.4) is 0 Å². The van der Waals surface area contributed by atoms with Gasteiger partial charge in [0.1, 0.15) is 17.7 Å². The summed E-state index contributed by atoms with van der Waals surface area (Å²) >= 11 is 0. The average molecular weight is 640 g/mol. The van der Waals surface area contributed by atoms with Crippen molar-refractivity contribution in [1.29, 1.82) is 0 Å². The molecule has 2 aromatic heterocycles. The zero-order chi connectivity index (χ0) is 32.5. The number of imidazole rings is 2. The number of methoxy groups -OCH3 is 1. The molecule has 0 radical (unpaired) electrons. The normalized spacial score (nSPS) is 21.1. The van der Waals surface area contributed by atoms with Gasteiger partial charge in [-0.05, 0) is 41.0 Å². The van der Waals surface area contributed by atoms with Crippen LogP contribution in [-0.4, -0.2) is 82.1 Å². The van der Waals surface area contributed by atoms with Crippen LogP contribution in [0.5, 0.6) is 0 Å². The first-order valence-electron chi connectivity index (χ1n) is 16.3. The summed E-state index contributed by atoms with van der Waals surface area (Å²) < 4.78 is 16.4. The van der Waals surface area contributed by atoms with Crippen molar-refractivity contribution < 1.29 is 23.8 Å². The van der Waals surface area contributed by atoms with E-state index < -0.39 is 17.9 Å². The van der Waals surface area contributed by atoms with E-state index in [4.69, 9.17) is 14.2 Å². The van der Waals surface area contributed by atoms with Crippen molar-refractivity contribution in [1.82, 2.24) is 35.5 Å². The number of likely N-dealkylation sites (tertiary alicyclic amines) is 1. The van der Waals surface area contributed by atoms with Crippen LogP contribution in [0.1, 0.15) is 56.8 Å². The highest BCUT2D eigenvalue weighted by Crippen LogP contribution is 2.36. The van der Waals surface area contributed by atoms with Crippen molar-refractivity contribution in [2.45, 2.75) is 57.0 Å². The summed E-state index contributed by atoms with van der Waals surface area (Å²) in [6.45, 7) is 6.38. The Kier molecular flexibility index (Phi) is 8.56. The Morgan fingerprint density at radius 1 is 0.915 bits per heavy atom. The van der Waals surface area contributed by atoms with Crippen LogP contribution < -0.4 is 10.6 Å². The monoisotopic (exact) mass is 639 g/mol. The summed E-state index contributed by atoms with van der Waals surface area (Å²) in [7, 11) is 1.30. The molecule has 5 heterocycles. The van der Waals surface area contributed by atoms with E-state index in [-0.39, 0.29) is 23.9 Å². The molecule has 12 nitrogen and oxygen atoms in total. The van der Waals surface area contributed by atoms with E-state index in [1.54, 1.807) is 0 Å². The van der Waals surface area contributed by atoms with Gasteiger partial charge in [0.15, 0.2) is 5.79 Å². The molecule has 3 fully saturated rings. The maximum Gasteiger partial charge on any atom is 0.407 e. The fourth-order valence-corrected chi connectivity index (χ4v) is 6.83. The lowest BCUT2D eigenvalue weighted by atomic mass is 10.0. The highest BCUT2D eigenvalue weighted by atomic mass is 16.7. The van der Waals surface area contributed by atoms with E-state index >= 15 is 0 Å². The Labute approximate surface area is 273 Å². The molecule has 0 saturated carbocycles. The number of hydrogen-bond donors (Lipinski definition) is 4. The van der Waals surface area contributed by atoms with E-state index in [1.807, 2.05) is 31.1 Å². The van der Waals surface area contributed by atoms with Gasteiger partial charge in [-0.15, -0.1) is 0 Å². The second-order valence-electron chi connectivity index (χ2n) is 12.8. The van der Waals surface area contributed by atoms with Crippen LogP contribution in [0.4, 0.5) is 4.79 Å². The van der Waals surface area contributed by atoms with Gasteiger partial charge in [0.25, 0.3) is 0 Å². The molecule has 4 aromatic rings. The molecule has 3 atom stereocenters. The number of carbonyl (C=O) groups excluding carboxylic acids is 2. The molecule has 3 aliphatic heterocycles. The van der Waals surface area contributed by atoms with E-state index in [0.29, 0.717) is 26.3 Å². The second kappa shape index (κ2) is 12.9. The number of nitrogens with zero attached hydrogens (tertiary/aromatic N) is 3. The zero-order valence-electron chi connectivity index (χ0n) is 26.9.